The van der Waals surface area contributed by atoms with Gasteiger partial charge in [-0.1, -0.05) is 15.9 Å². The summed E-state index contributed by atoms with van der Waals surface area (Å²) in [6.45, 7) is -0.631. The van der Waals surface area contributed by atoms with Crippen LogP contribution in [-0.4, -0.2) is 15.2 Å². The Bertz CT molecular complexity index is 333. The molecule has 1 heterocycles. The van der Waals surface area contributed by atoms with Crippen LogP contribution >= 0.6 is 15.9 Å². The van der Waals surface area contributed by atoms with Gasteiger partial charge in [-0.15, -0.1) is 0 Å². The van der Waals surface area contributed by atoms with Crippen LogP contribution in [0.5, 0.6) is 5.75 Å². The van der Waals surface area contributed by atoms with Gasteiger partial charge in [-0.2, -0.15) is 0 Å². The van der Waals surface area contributed by atoms with Gasteiger partial charge in [0.05, 0.1) is 18.5 Å². The second-order valence-corrected chi connectivity index (χ2v) is 3.14. The molecule has 0 aliphatic heterocycles. The molecule has 3 nitrogen and oxygen atoms in total. The average Bonchev–Trinajstić information content (AvgIpc) is 2.17. The molecule has 0 saturated heterocycles. The fourth-order valence-corrected chi connectivity index (χ4v) is 1.58. The Balaban J connectivity index is 3.36. The van der Waals surface area contributed by atoms with E-state index in [9.17, 15) is 13.9 Å². The fourth-order valence-electron chi connectivity index (χ4n) is 1.13. The van der Waals surface area contributed by atoms with Gasteiger partial charge in [0.1, 0.15) is 5.75 Å². The van der Waals surface area contributed by atoms with Gasteiger partial charge in [-0.05, 0) is 0 Å². The highest BCUT2D eigenvalue weighted by atomic mass is 79.9. The van der Waals surface area contributed by atoms with Crippen molar-refractivity contribution in [2.24, 2.45) is 0 Å². The van der Waals surface area contributed by atoms with Crippen LogP contribution in [0.15, 0.2) is 6.20 Å². The largest absolute Gasteiger partial charge is 0.506 e. The zero-order valence-corrected chi connectivity index (χ0v) is 8.63. The average molecular weight is 268 g/mol. The molecule has 2 N–H and O–H groups in total. The van der Waals surface area contributed by atoms with Crippen LogP contribution in [0.1, 0.15) is 23.2 Å². The Kier molecular flexibility index (Phi) is 3.77. The summed E-state index contributed by atoms with van der Waals surface area (Å²) in [5.74, 6) is -0.410. The molecule has 0 unspecified atom stereocenters. The fraction of sp³-hybridized carbons (Fsp3) is 0.375. The smallest absolute Gasteiger partial charge is 0.266 e. The van der Waals surface area contributed by atoms with Gasteiger partial charge in [0.15, 0.2) is 0 Å². The number of nitrogens with zero attached hydrogens (tertiary/aromatic N) is 1. The molecule has 0 aromatic carbocycles. The lowest BCUT2D eigenvalue weighted by molar-refractivity contribution is 0.144. The monoisotopic (exact) mass is 267 g/mol. The van der Waals surface area contributed by atoms with E-state index in [1.54, 1.807) is 0 Å². The zero-order chi connectivity index (χ0) is 10.7. The lowest BCUT2D eigenvalue weighted by Gasteiger charge is -2.11. The van der Waals surface area contributed by atoms with E-state index in [0.29, 0.717) is 0 Å². The van der Waals surface area contributed by atoms with Gasteiger partial charge in [0.25, 0.3) is 6.43 Å². The molecule has 0 aliphatic carbocycles. The van der Waals surface area contributed by atoms with Gasteiger partial charge in [-0.3, -0.25) is 4.98 Å². The van der Waals surface area contributed by atoms with Crippen molar-refractivity contribution in [3.8, 4) is 5.75 Å². The van der Waals surface area contributed by atoms with E-state index in [1.807, 2.05) is 0 Å². The normalized spacial score (nSPS) is 10.9. The van der Waals surface area contributed by atoms with Gasteiger partial charge in [-0.25, -0.2) is 8.78 Å². The summed E-state index contributed by atoms with van der Waals surface area (Å²) < 4.78 is 25.1. The van der Waals surface area contributed by atoms with Gasteiger partial charge >= 0.3 is 0 Å². The molecule has 0 saturated carbocycles. The van der Waals surface area contributed by atoms with Crippen molar-refractivity contribution in [3.63, 3.8) is 0 Å². The molecule has 0 aliphatic rings. The molecular weight excluding hydrogens is 260 g/mol. The molecule has 6 heteroatoms. The Hall–Kier alpha value is -0.750. The van der Waals surface area contributed by atoms with E-state index < -0.39 is 24.3 Å². The number of pyridine rings is 1. The van der Waals surface area contributed by atoms with E-state index >= 15 is 0 Å². The number of aliphatic hydroxyl groups is 1. The minimum atomic E-state index is -2.76. The molecule has 14 heavy (non-hydrogen) atoms. The number of aliphatic hydroxyl groups excluding tert-OH is 1. The highest BCUT2D eigenvalue weighted by Crippen LogP contribution is 2.31. The maximum Gasteiger partial charge on any atom is 0.266 e. The molecule has 0 radical (unpaired) electrons. The predicted octanol–water partition coefficient (Wildman–Crippen LogP) is 2.11. The minimum Gasteiger partial charge on any atom is -0.506 e. The second kappa shape index (κ2) is 4.65. The Morgan fingerprint density at radius 1 is 1.50 bits per heavy atom. The summed E-state index contributed by atoms with van der Waals surface area (Å²) in [6, 6.07) is 0. The van der Waals surface area contributed by atoms with Crippen LogP contribution in [0.2, 0.25) is 0 Å². The van der Waals surface area contributed by atoms with Crippen LogP contribution in [0.4, 0.5) is 8.78 Å². The molecule has 0 fully saturated rings. The van der Waals surface area contributed by atoms with E-state index in [-0.39, 0.29) is 16.6 Å². The van der Waals surface area contributed by atoms with Crippen LogP contribution in [-0.2, 0) is 11.9 Å². The molecular formula is C8H8BrF2NO2. The Morgan fingerprint density at radius 3 is 2.57 bits per heavy atom. The van der Waals surface area contributed by atoms with Crippen molar-refractivity contribution in [2.75, 3.05) is 0 Å². The topological polar surface area (TPSA) is 53.4 Å². The number of aromatic hydroxyl groups is 1. The lowest BCUT2D eigenvalue weighted by atomic mass is 10.1. The number of hydrogen-bond donors (Lipinski definition) is 2. The first kappa shape index (κ1) is 11.3. The van der Waals surface area contributed by atoms with Gasteiger partial charge in [0.2, 0.25) is 0 Å². The van der Waals surface area contributed by atoms with Crippen molar-refractivity contribution in [1.29, 1.82) is 0 Å². The van der Waals surface area contributed by atoms with Crippen LogP contribution < -0.4 is 0 Å². The summed E-state index contributed by atoms with van der Waals surface area (Å²) in [4.78, 5) is 3.64. The van der Waals surface area contributed by atoms with Gasteiger partial charge < -0.3 is 10.2 Å². The van der Waals surface area contributed by atoms with E-state index in [2.05, 4.69) is 20.9 Å². The Labute approximate surface area is 87.5 Å². The minimum absolute atomic E-state index is 0.127. The van der Waals surface area contributed by atoms with E-state index in [1.165, 1.54) is 0 Å². The number of hydrogen-bond acceptors (Lipinski definition) is 3. The zero-order valence-electron chi connectivity index (χ0n) is 7.04. The van der Waals surface area contributed by atoms with Crippen molar-refractivity contribution in [3.05, 3.63) is 23.0 Å². The highest BCUT2D eigenvalue weighted by Gasteiger charge is 2.20. The lowest BCUT2D eigenvalue weighted by Crippen LogP contribution is -2.02. The molecule has 1 aromatic heterocycles. The highest BCUT2D eigenvalue weighted by molar-refractivity contribution is 9.08. The molecule has 1 rings (SSSR count). The molecule has 0 amide bonds. The first-order valence-corrected chi connectivity index (χ1v) is 4.88. The number of rotatable bonds is 3. The molecule has 0 bridgehead atoms. The van der Waals surface area contributed by atoms with Gasteiger partial charge in [0, 0.05) is 16.5 Å². The summed E-state index contributed by atoms with van der Waals surface area (Å²) in [6.07, 6.45) is -1.71. The van der Waals surface area contributed by atoms with Crippen LogP contribution in [0.3, 0.4) is 0 Å². The first-order valence-electron chi connectivity index (χ1n) is 3.76. The van der Waals surface area contributed by atoms with Crippen molar-refractivity contribution < 1.29 is 19.0 Å². The van der Waals surface area contributed by atoms with Crippen molar-refractivity contribution >= 4 is 15.9 Å². The van der Waals surface area contributed by atoms with E-state index in [0.717, 1.165) is 6.20 Å². The molecule has 0 spiro atoms. The third-order valence-corrected chi connectivity index (χ3v) is 2.32. The SMILES string of the molecule is OCc1c(O)cnc(CBr)c1C(F)F. The van der Waals surface area contributed by atoms with Crippen LogP contribution in [0, 0.1) is 0 Å². The van der Waals surface area contributed by atoms with Crippen molar-refractivity contribution in [1.82, 2.24) is 4.98 Å². The molecule has 0 atom stereocenters. The molecule has 78 valence electrons. The third-order valence-electron chi connectivity index (χ3n) is 1.79. The summed E-state index contributed by atoms with van der Waals surface area (Å²) >= 11 is 3.01. The van der Waals surface area contributed by atoms with Crippen LogP contribution in [0.25, 0.3) is 0 Å². The third kappa shape index (κ3) is 2.01. The standard InChI is InChI=1S/C8H8BrF2NO2/c9-1-5-7(8(10)11)4(3-13)6(14)2-12-5/h2,8,13-14H,1,3H2. The number of alkyl halides is 3. The number of aromatic nitrogens is 1. The maximum atomic E-state index is 12.6. The first-order chi connectivity index (χ1) is 6.61. The number of halogens is 3. The molecule has 1 aromatic rings. The summed E-state index contributed by atoms with van der Waals surface area (Å²) in [5, 5.41) is 18.2. The Morgan fingerprint density at radius 2 is 2.14 bits per heavy atom. The summed E-state index contributed by atoms with van der Waals surface area (Å²) in [7, 11) is 0. The predicted molar refractivity (Wildman–Crippen MR) is 49.4 cm³/mol. The second-order valence-electron chi connectivity index (χ2n) is 2.57. The quantitative estimate of drug-likeness (QED) is 0.825. The maximum absolute atomic E-state index is 12.6. The van der Waals surface area contributed by atoms with Crippen molar-refractivity contribution in [2.45, 2.75) is 18.4 Å². The summed E-state index contributed by atoms with van der Waals surface area (Å²) in [5.41, 5.74) is -0.435. The van der Waals surface area contributed by atoms with E-state index in [4.69, 9.17) is 5.11 Å².